The van der Waals surface area contributed by atoms with E-state index >= 15 is 0 Å². The maximum atomic E-state index is 6.38. The molecule has 0 atom stereocenters. The third-order valence-corrected chi connectivity index (χ3v) is 3.95. The Morgan fingerprint density at radius 2 is 1.89 bits per heavy atom. The van der Waals surface area contributed by atoms with Crippen LogP contribution in [0.1, 0.15) is 5.82 Å². The highest BCUT2D eigenvalue weighted by Gasteiger charge is 2.18. The van der Waals surface area contributed by atoms with Crippen LogP contribution < -0.4 is 0 Å². The summed E-state index contributed by atoms with van der Waals surface area (Å²) >= 11 is 16.1. The molecule has 0 saturated heterocycles. The molecule has 0 N–H and O–H groups in total. The molecule has 7 heteroatoms. The van der Waals surface area contributed by atoms with Gasteiger partial charge >= 0.3 is 0 Å². The Labute approximate surface area is 127 Å². The van der Waals surface area contributed by atoms with Crippen molar-refractivity contribution in [2.45, 2.75) is 6.92 Å². The molecule has 96 valence electrons. The van der Waals surface area contributed by atoms with Gasteiger partial charge in [-0.2, -0.15) is 14.5 Å². The van der Waals surface area contributed by atoms with Gasteiger partial charge in [0.25, 0.3) is 5.78 Å². The molecule has 0 aliphatic rings. The Morgan fingerprint density at radius 1 is 1.16 bits per heavy atom. The molecule has 0 bridgehead atoms. The van der Waals surface area contributed by atoms with E-state index in [0.717, 1.165) is 10.0 Å². The molecule has 19 heavy (non-hydrogen) atoms. The van der Waals surface area contributed by atoms with Crippen molar-refractivity contribution in [3.05, 3.63) is 44.9 Å². The monoisotopic (exact) mass is 356 g/mol. The molecule has 4 nitrogen and oxygen atoms in total. The van der Waals surface area contributed by atoms with Gasteiger partial charge < -0.3 is 0 Å². The molecule has 0 unspecified atom stereocenters. The van der Waals surface area contributed by atoms with Gasteiger partial charge in [-0.25, -0.2) is 0 Å². The second kappa shape index (κ2) is 4.74. The number of aryl methyl sites for hydroxylation is 1. The van der Waals surface area contributed by atoms with Crippen LogP contribution in [-0.2, 0) is 0 Å². The molecule has 3 aromatic rings. The maximum absolute atomic E-state index is 6.38. The van der Waals surface area contributed by atoms with Gasteiger partial charge in [-0.1, -0.05) is 57.3 Å². The van der Waals surface area contributed by atoms with Crippen molar-refractivity contribution in [2.24, 2.45) is 0 Å². The molecule has 2 aromatic heterocycles. The van der Waals surface area contributed by atoms with Crippen LogP contribution in [0.5, 0.6) is 0 Å². The summed E-state index contributed by atoms with van der Waals surface area (Å²) in [7, 11) is 0. The number of fused-ring (bicyclic) bond motifs is 1. The number of hydrogen-bond acceptors (Lipinski definition) is 3. The highest BCUT2D eigenvalue weighted by molar-refractivity contribution is 9.10. The molecule has 0 saturated carbocycles. The molecule has 0 radical (unpaired) electrons. The molecular formula is C12H7BrCl2N4. The van der Waals surface area contributed by atoms with E-state index in [1.807, 2.05) is 24.3 Å². The second-order valence-electron chi connectivity index (χ2n) is 3.92. The Morgan fingerprint density at radius 3 is 2.63 bits per heavy atom. The van der Waals surface area contributed by atoms with E-state index in [1.165, 1.54) is 4.52 Å². The molecule has 1 aromatic carbocycles. The quantitative estimate of drug-likeness (QED) is 0.614. The van der Waals surface area contributed by atoms with E-state index in [2.05, 4.69) is 31.0 Å². The summed E-state index contributed by atoms with van der Waals surface area (Å²) in [5.74, 6) is 0.984. The summed E-state index contributed by atoms with van der Waals surface area (Å²) in [6.07, 6.45) is 0. The lowest BCUT2D eigenvalue weighted by molar-refractivity contribution is 0.918. The zero-order chi connectivity index (χ0) is 13.6. The van der Waals surface area contributed by atoms with Crippen LogP contribution in [0, 0.1) is 6.92 Å². The van der Waals surface area contributed by atoms with Crippen molar-refractivity contribution < 1.29 is 0 Å². The van der Waals surface area contributed by atoms with Crippen molar-refractivity contribution >= 4 is 44.9 Å². The summed E-state index contributed by atoms with van der Waals surface area (Å²) in [6, 6.07) is 7.65. The number of benzene rings is 1. The van der Waals surface area contributed by atoms with E-state index in [1.54, 1.807) is 6.92 Å². The summed E-state index contributed by atoms with van der Waals surface area (Å²) in [5, 5.41) is 4.90. The number of aromatic nitrogens is 4. The average Bonchev–Trinajstić information content (AvgIpc) is 2.72. The summed E-state index contributed by atoms with van der Waals surface area (Å²) in [5.41, 5.74) is 1.49. The molecule has 0 fully saturated rings. The molecule has 0 spiro atoms. The standard InChI is InChI=1S/C12H7BrCl2N4/c1-6-16-12-17-10(14)9(11(15)19(12)18-6)7-4-2-3-5-8(7)13/h2-5H,1H3. The minimum Gasteiger partial charge on any atom is -0.198 e. The first-order valence-electron chi connectivity index (χ1n) is 5.41. The largest absolute Gasteiger partial charge is 0.255 e. The first kappa shape index (κ1) is 12.8. The predicted molar refractivity (Wildman–Crippen MR) is 78.7 cm³/mol. The highest BCUT2D eigenvalue weighted by atomic mass is 79.9. The SMILES string of the molecule is Cc1nc2nc(Cl)c(-c3ccccc3Br)c(Cl)n2n1. The van der Waals surface area contributed by atoms with Crippen LogP contribution >= 0.6 is 39.1 Å². The zero-order valence-electron chi connectivity index (χ0n) is 9.73. The van der Waals surface area contributed by atoms with Gasteiger partial charge in [0.15, 0.2) is 0 Å². The van der Waals surface area contributed by atoms with Gasteiger partial charge in [0.2, 0.25) is 0 Å². The van der Waals surface area contributed by atoms with E-state index in [9.17, 15) is 0 Å². The fourth-order valence-corrected chi connectivity index (χ4v) is 2.93. The molecule has 0 amide bonds. The summed E-state index contributed by atoms with van der Waals surface area (Å²) in [6.45, 7) is 1.77. The van der Waals surface area contributed by atoms with Crippen LogP contribution in [0.2, 0.25) is 10.3 Å². The number of nitrogens with zero attached hydrogens (tertiary/aromatic N) is 4. The van der Waals surface area contributed by atoms with E-state index in [0.29, 0.717) is 27.5 Å². The van der Waals surface area contributed by atoms with E-state index in [-0.39, 0.29) is 0 Å². The fourth-order valence-electron chi connectivity index (χ4n) is 1.83. The maximum Gasteiger partial charge on any atom is 0.255 e. The summed E-state index contributed by atoms with van der Waals surface area (Å²) in [4.78, 5) is 8.38. The molecule has 0 aliphatic carbocycles. The lowest BCUT2D eigenvalue weighted by Crippen LogP contribution is -1.98. The second-order valence-corrected chi connectivity index (χ2v) is 5.49. The average molecular weight is 358 g/mol. The zero-order valence-corrected chi connectivity index (χ0v) is 12.8. The Bertz CT molecular complexity index is 785. The topological polar surface area (TPSA) is 43.1 Å². The number of hydrogen-bond donors (Lipinski definition) is 0. The molecule has 3 rings (SSSR count). The highest BCUT2D eigenvalue weighted by Crippen LogP contribution is 2.37. The van der Waals surface area contributed by atoms with Gasteiger partial charge in [0.05, 0.1) is 5.56 Å². The van der Waals surface area contributed by atoms with Gasteiger partial charge in [0.1, 0.15) is 16.1 Å². The third kappa shape index (κ3) is 2.12. The van der Waals surface area contributed by atoms with Crippen LogP contribution in [0.15, 0.2) is 28.7 Å². The Kier molecular flexibility index (Phi) is 3.20. The minimum atomic E-state index is 0.303. The normalized spacial score (nSPS) is 11.2. The first-order chi connectivity index (χ1) is 9.08. The van der Waals surface area contributed by atoms with Crippen molar-refractivity contribution in [1.82, 2.24) is 19.6 Å². The molecular weight excluding hydrogens is 351 g/mol. The van der Waals surface area contributed by atoms with Crippen molar-refractivity contribution in [3.63, 3.8) is 0 Å². The number of rotatable bonds is 1. The summed E-state index contributed by atoms with van der Waals surface area (Å²) < 4.78 is 2.37. The number of halogens is 3. The van der Waals surface area contributed by atoms with E-state index in [4.69, 9.17) is 23.2 Å². The van der Waals surface area contributed by atoms with Crippen LogP contribution in [0.3, 0.4) is 0 Å². The fraction of sp³-hybridized carbons (Fsp3) is 0.0833. The van der Waals surface area contributed by atoms with Crippen LogP contribution in [0.25, 0.3) is 16.9 Å². The van der Waals surface area contributed by atoms with Crippen LogP contribution in [0.4, 0.5) is 0 Å². The van der Waals surface area contributed by atoms with Gasteiger partial charge in [0, 0.05) is 10.0 Å². The molecule has 2 heterocycles. The molecule has 0 aliphatic heterocycles. The third-order valence-electron chi connectivity index (χ3n) is 2.64. The van der Waals surface area contributed by atoms with Gasteiger partial charge in [-0.05, 0) is 13.0 Å². The van der Waals surface area contributed by atoms with Gasteiger partial charge in [-0.15, -0.1) is 5.10 Å². The van der Waals surface area contributed by atoms with Crippen molar-refractivity contribution in [1.29, 1.82) is 0 Å². The lowest BCUT2D eigenvalue weighted by Gasteiger charge is -2.09. The lowest BCUT2D eigenvalue weighted by atomic mass is 10.1. The van der Waals surface area contributed by atoms with Crippen molar-refractivity contribution in [2.75, 3.05) is 0 Å². The van der Waals surface area contributed by atoms with E-state index < -0.39 is 0 Å². The Balaban J connectivity index is 2.38. The van der Waals surface area contributed by atoms with Crippen molar-refractivity contribution in [3.8, 4) is 11.1 Å². The predicted octanol–water partition coefficient (Wildman–Crippen LogP) is 4.17. The van der Waals surface area contributed by atoms with Crippen LogP contribution in [-0.4, -0.2) is 19.6 Å². The van der Waals surface area contributed by atoms with Gasteiger partial charge in [-0.3, -0.25) is 0 Å². The smallest absolute Gasteiger partial charge is 0.198 e. The first-order valence-corrected chi connectivity index (χ1v) is 6.96. The Hall–Kier alpha value is -1.17. The minimum absolute atomic E-state index is 0.303.